The van der Waals surface area contributed by atoms with Crippen LogP contribution in [0.15, 0.2) is 42.5 Å². The summed E-state index contributed by atoms with van der Waals surface area (Å²) in [6, 6.07) is 9.89. The molecule has 0 saturated heterocycles. The van der Waals surface area contributed by atoms with Gasteiger partial charge in [-0.2, -0.15) is 0 Å². The largest absolute Gasteiger partial charge is 0.322 e. The summed E-state index contributed by atoms with van der Waals surface area (Å²) in [5, 5.41) is 4.01. The topological polar surface area (TPSA) is 45.2 Å². The molecule has 0 bridgehead atoms. The number of benzene rings is 1. The lowest BCUT2D eigenvalue weighted by molar-refractivity contribution is 0.199. The fourth-order valence-electron chi connectivity index (χ4n) is 2.89. The molecular formula is C18H21N3O. The molecule has 0 radical (unpaired) electrons. The smallest absolute Gasteiger partial charge is 0.314 e. The second-order valence-corrected chi connectivity index (χ2v) is 6.07. The zero-order chi connectivity index (χ0) is 15.7. The van der Waals surface area contributed by atoms with Crippen LogP contribution in [0, 0.1) is 12.8 Å². The van der Waals surface area contributed by atoms with Gasteiger partial charge in [0, 0.05) is 17.6 Å². The van der Waals surface area contributed by atoms with Gasteiger partial charge in [-0.25, -0.2) is 4.79 Å². The van der Waals surface area contributed by atoms with E-state index in [1.807, 2.05) is 42.2 Å². The van der Waals surface area contributed by atoms with Crippen LogP contribution in [0.4, 0.5) is 10.5 Å². The fourth-order valence-corrected chi connectivity index (χ4v) is 2.89. The number of hydrogen-bond acceptors (Lipinski definition) is 2. The van der Waals surface area contributed by atoms with Gasteiger partial charge in [0.05, 0.1) is 17.2 Å². The van der Waals surface area contributed by atoms with E-state index in [4.69, 9.17) is 0 Å². The number of anilines is 1. The van der Waals surface area contributed by atoms with Gasteiger partial charge in [0.25, 0.3) is 0 Å². The first-order valence-corrected chi connectivity index (χ1v) is 7.67. The van der Waals surface area contributed by atoms with Crippen molar-refractivity contribution >= 4 is 22.6 Å². The highest BCUT2D eigenvalue weighted by molar-refractivity contribution is 6.00. The maximum absolute atomic E-state index is 12.6. The fraction of sp³-hybridized carbons (Fsp3) is 0.333. The van der Waals surface area contributed by atoms with E-state index in [0.29, 0.717) is 12.5 Å². The van der Waals surface area contributed by atoms with Gasteiger partial charge >= 0.3 is 6.03 Å². The Balaban J connectivity index is 1.86. The minimum Gasteiger partial charge on any atom is -0.314 e. The Bertz CT molecular complexity index is 736. The summed E-state index contributed by atoms with van der Waals surface area (Å²) in [5.74, 6) is 0.404. The summed E-state index contributed by atoms with van der Waals surface area (Å²) in [6.45, 7) is 6.89. The first-order valence-electron chi connectivity index (χ1n) is 7.67. The molecule has 0 fully saturated rings. The quantitative estimate of drug-likeness (QED) is 0.852. The Morgan fingerprint density at radius 3 is 2.91 bits per heavy atom. The van der Waals surface area contributed by atoms with Gasteiger partial charge in [-0.15, -0.1) is 0 Å². The predicted molar refractivity (Wildman–Crippen MR) is 90.0 cm³/mol. The van der Waals surface area contributed by atoms with E-state index in [-0.39, 0.29) is 12.1 Å². The van der Waals surface area contributed by atoms with E-state index in [1.165, 1.54) is 0 Å². The number of fused-ring (bicyclic) bond motifs is 1. The predicted octanol–water partition coefficient (Wildman–Crippen LogP) is 3.97. The van der Waals surface area contributed by atoms with E-state index < -0.39 is 0 Å². The average Bonchev–Trinajstić information content (AvgIpc) is 2.97. The summed E-state index contributed by atoms with van der Waals surface area (Å²) in [6.07, 6.45) is 4.16. The van der Waals surface area contributed by atoms with Crippen molar-refractivity contribution in [3.05, 3.63) is 48.2 Å². The second-order valence-electron chi connectivity index (χ2n) is 6.07. The lowest BCUT2D eigenvalue weighted by Gasteiger charge is -2.27. The van der Waals surface area contributed by atoms with Gasteiger partial charge in [-0.1, -0.05) is 32.1 Å². The first-order chi connectivity index (χ1) is 10.6. The molecule has 1 atom stereocenters. The number of amides is 2. The molecule has 1 aliphatic heterocycles. The number of nitrogens with one attached hydrogen (secondary N) is 1. The molecule has 114 valence electrons. The highest BCUT2D eigenvalue weighted by atomic mass is 16.2. The zero-order valence-corrected chi connectivity index (χ0v) is 13.2. The van der Waals surface area contributed by atoms with E-state index in [2.05, 4.69) is 36.3 Å². The van der Waals surface area contributed by atoms with Gasteiger partial charge in [0.1, 0.15) is 0 Å². The number of pyridine rings is 1. The maximum atomic E-state index is 12.6. The van der Waals surface area contributed by atoms with E-state index in [9.17, 15) is 4.79 Å². The van der Waals surface area contributed by atoms with Crippen LogP contribution in [-0.2, 0) is 0 Å². The Morgan fingerprint density at radius 1 is 1.32 bits per heavy atom. The molecule has 0 saturated carbocycles. The minimum absolute atomic E-state index is 0.0585. The van der Waals surface area contributed by atoms with Crippen molar-refractivity contribution in [2.45, 2.75) is 26.8 Å². The molecule has 4 nitrogen and oxygen atoms in total. The molecule has 2 heterocycles. The van der Waals surface area contributed by atoms with Crippen LogP contribution in [0.2, 0.25) is 0 Å². The molecule has 3 rings (SSSR count). The van der Waals surface area contributed by atoms with Crippen LogP contribution in [0.3, 0.4) is 0 Å². The Labute approximate surface area is 130 Å². The normalized spacial score (nSPS) is 17.5. The number of rotatable bonds is 2. The number of nitrogens with zero attached hydrogens (tertiary/aromatic N) is 2. The lowest BCUT2D eigenvalue weighted by Crippen LogP contribution is -2.41. The summed E-state index contributed by atoms with van der Waals surface area (Å²) in [4.78, 5) is 19.0. The molecule has 0 aliphatic carbocycles. The third-order valence-electron chi connectivity index (χ3n) is 4.05. The second kappa shape index (κ2) is 5.79. The van der Waals surface area contributed by atoms with Crippen LogP contribution in [0.25, 0.3) is 10.9 Å². The van der Waals surface area contributed by atoms with Crippen molar-refractivity contribution in [2.24, 2.45) is 5.92 Å². The van der Waals surface area contributed by atoms with Crippen LogP contribution < -0.4 is 5.32 Å². The molecule has 2 amide bonds. The van der Waals surface area contributed by atoms with Gasteiger partial charge in [-0.3, -0.25) is 4.98 Å². The Hall–Kier alpha value is -2.36. The Morgan fingerprint density at radius 2 is 2.14 bits per heavy atom. The first kappa shape index (κ1) is 14.6. The van der Waals surface area contributed by atoms with Crippen molar-refractivity contribution in [3.63, 3.8) is 0 Å². The number of hydrogen-bond donors (Lipinski definition) is 1. The maximum Gasteiger partial charge on any atom is 0.322 e. The lowest BCUT2D eigenvalue weighted by atomic mass is 10.1. The molecule has 4 heteroatoms. The van der Waals surface area contributed by atoms with Gasteiger partial charge < -0.3 is 10.2 Å². The van der Waals surface area contributed by atoms with Crippen molar-refractivity contribution in [3.8, 4) is 0 Å². The summed E-state index contributed by atoms with van der Waals surface area (Å²) in [5.41, 5.74) is 2.68. The van der Waals surface area contributed by atoms with E-state index in [1.54, 1.807) is 0 Å². The number of carbonyl (C=O) groups excluding carboxylic acids is 1. The highest BCUT2D eigenvalue weighted by Crippen LogP contribution is 2.24. The van der Waals surface area contributed by atoms with Crippen molar-refractivity contribution in [1.82, 2.24) is 9.88 Å². The van der Waals surface area contributed by atoms with E-state index in [0.717, 1.165) is 22.3 Å². The molecular weight excluding hydrogens is 274 g/mol. The van der Waals surface area contributed by atoms with Crippen molar-refractivity contribution in [2.75, 3.05) is 11.9 Å². The molecule has 2 aromatic rings. The number of aromatic nitrogens is 1. The third-order valence-corrected chi connectivity index (χ3v) is 4.05. The van der Waals surface area contributed by atoms with Gasteiger partial charge in [-0.05, 0) is 37.1 Å². The molecule has 1 N–H and O–H groups in total. The zero-order valence-electron chi connectivity index (χ0n) is 13.2. The third kappa shape index (κ3) is 2.69. The summed E-state index contributed by atoms with van der Waals surface area (Å²) < 4.78 is 0. The van der Waals surface area contributed by atoms with Gasteiger partial charge in [0.15, 0.2) is 0 Å². The van der Waals surface area contributed by atoms with E-state index >= 15 is 0 Å². The summed E-state index contributed by atoms with van der Waals surface area (Å²) in [7, 11) is 0. The minimum atomic E-state index is -0.0585. The molecule has 1 aromatic carbocycles. The monoisotopic (exact) mass is 295 g/mol. The number of aryl methyl sites for hydroxylation is 1. The van der Waals surface area contributed by atoms with Crippen molar-refractivity contribution < 1.29 is 4.79 Å². The average molecular weight is 295 g/mol. The highest BCUT2D eigenvalue weighted by Gasteiger charge is 2.27. The van der Waals surface area contributed by atoms with Crippen molar-refractivity contribution in [1.29, 1.82) is 0 Å². The Kier molecular flexibility index (Phi) is 3.84. The van der Waals surface area contributed by atoms with Crippen LogP contribution in [-0.4, -0.2) is 28.5 Å². The van der Waals surface area contributed by atoms with Crippen LogP contribution in [0.5, 0.6) is 0 Å². The van der Waals surface area contributed by atoms with Gasteiger partial charge in [0.2, 0.25) is 0 Å². The molecule has 0 spiro atoms. The molecule has 1 aliphatic rings. The standard InChI is InChI=1S/C18H21N3O/c1-12(2)17-8-5-11-21(17)18(22)20-16-7-4-6-15-14(16)10-9-13(3)19-15/h4-10,12,17H,11H2,1-3H3,(H,20,22)/t17-/m1/s1. The molecule has 22 heavy (non-hydrogen) atoms. The van der Waals surface area contributed by atoms with Crippen LogP contribution in [0.1, 0.15) is 19.5 Å². The number of urea groups is 1. The molecule has 0 unspecified atom stereocenters. The molecule has 1 aromatic heterocycles. The van der Waals surface area contributed by atoms with Crippen LogP contribution >= 0.6 is 0 Å². The summed E-state index contributed by atoms with van der Waals surface area (Å²) >= 11 is 0. The SMILES string of the molecule is Cc1ccc2c(NC(=O)N3CC=C[C@@H]3C(C)C)cccc2n1. The number of carbonyl (C=O) groups is 1.